The van der Waals surface area contributed by atoms with Crippen LogP contribution in [0.5, 0.6) is 0 Å². The lowest BCUT2D eigenvalue weighted by Crippen LogP contribution is -2.30. The molecular weight excluding hydrogens is 240 g/mol. The Morgan fingerprint density at radius 3 is 3.06 bits per heavy atom. The third-order valence-corrected chi connectivity index (χ3v) is 4.45. The smallest absolute Gasteiger partial charge is 0.101 e. The van der Waals surface area contributed by atoms with Crippen molar-refractivity contribution in [1.82, 2.24) is 0 Å². The fourth-order valence-electron chi connectivity index (χ4n) is 2.45. The number of anilines is 1. The van der Waals surface area contributed by atoms with E-state index in [2.05, 4.69) is 35.4 Å². The molecule has 0 N–H and O–H groups in total. The van der Waals surface area contributed by atoms with Crippen LogP contribution in [0.1, 0.15) is 21.6 Å². The van der Waals surface area contributed by atoms with Gasteiger partial charge in [0.15, 0.2) is 0 Å². The predicted octanol–water partition coefficient (Wildman–Crippen LogP) is 3.49. The van der Waals surface area contributed by atoms with Crippen molar-refractivity contribution in [3.05, 3.63) is 51.2 Å². The van der Waals surface area contributed by atoms with Gasteiger partial charge in [-0.2, -0.15) is 5.26 Å². The Morgan fingerprint density at radius 2 is 2.22 bits per heavy atom. The van der Waals surface area contributed by atoms with E-state index in [1.54, 1.807) is 0 Å². The number of nitrogens with zero attached hydrogens (tertiary/aromatic N) is 2. The minimum atomic E-state index is 0.777. The highest BCUT2D eigenvalue weighted by atomic mass is 32.1. The second-order valence-corrected chi connectivity index (χ2v) is 5.67. The molecule has 90 valence electrons. The van der Waals surface area contributed by atoms with E-state index in [0.29, 0.717) is 0 Å². The third-order valence-electron chi connectivity index (χ3n) is 3.42. The van der Waals surface area contributed by atoms with Gasteiger partial charge in [-0.15, -0.1) is 11.3 Å². The zero-order valence-corrected chi connectivity index (χ0v) is 11.1. The first kappa shape index (κ1) is 11.3. The normalized spacial score (nSPS) is 14.1. The van der Waals surface area contributed by atoms with Crippen LogP contribution in [0.2, 0.25) is 0 Å². The van der Waals surface area contributed by atoms with Crippen molar-refractivity contribution in [3.8, 4) is 6.07 Å². The Bertz CT molecular complexity index is 622. The molecule has 1 aromatic carbocycles. The van der Waals surface area contributed by atoms with Gasteiger partial charge in [0.05, 0.1) is 11.3 Å². The molecule has 0 amide bonds. The van der Waals surface area contributed by atoms with Crippen LogP contribution in [0.15, 0.2) is 29.6 Å². The third kappa shape index (κ3) is 1.89. The average Bonchev–Trinajstić information content (AvgIpc) is 2.85. The molecule has 0 saturated carbocycles. The maximum atomic E-state index is 9.22. The fraction of sp³-hybridized carbons (Fsp3) is 0.267. The van der Waals surface area contributed by atoms with Crippen LogP contribution in [0.25, 0.3) is 0 Å². The summed E-state index contributed by atoms with van der Waals surface area (Å²) in [6.45, 7) is 4.01. The number of hydrogen-bond donors (Lipinski definition) is 0. The Hall–Kier alpha value is -1.79. The lowest BCUT2D eigenvalue weighted by Gasteiger charge is -2.30. The van der Waals surface area contributed by atoms with E-state index < -0.39 is 0 Å². The van der Waals surface area contributed by atoms with E-state index in [1.165, 1.54) is 16.0 Å². The highest BCUT2D eigenvalue weighted by Crippen LogP contribution is 2.30. The van der Waals surface area contributed by atoms with Crippen molar-refractivity contribution >= 4 is 17.0 Å². The molecular formula is C15H14N2S. The minimum Gasteiger partial charge on any atom is -0.366 e. The van der Waals surface area contributed by atoms with Crippen LogP contribution in [0.3, 0.4) is 0 Å². The lowest BCUT2D eigenvalue weighted by molar-refractivity contribution is 0.742. The molecule has 0 fully saturated rings. The van der Waals surface area contributed by atoms with Crippen LogP contribution in [0.4, 0.5) is 5.69 Å². The van der Waals surface area contributed by atoms with Gasteiger partial charge < -0.3 is 4.90 Å². The Morgan fingerprint density at radius 1 is 1.33 bits per heavy atom. The minimum absolute atomic E-state index is 0.777. The molecule has 2 nitrogen and oxygen atoms in total. The second kappa shape index (κ2) is 4.47. The molecule has 3 rings (SSSR count). The number of nitriles is 1. The van der Waals surface area contributed by atoms with Crippen molar-refractivity contribution in [1.29, 1.82) is 5.26 Å². The number of rotatable bonds is 1. The van der Waals surface area contributed by atoms with Crippen molar-refractivity contribution in [2.24, 2.45) is 0 Å². The summed E-state index contributed by atoms with van der Waals surface area (Å²) >= 11 is 1.84. The molecule has 2 aromatic rings. The largest absolute Gasteiger partial charge is 0.366 e. The van der Waals surface area contributed by atoms with Gasteiger partial charge in [0, 0.05) is 18.0 Å². The molecule has 0 radical (unpaired) electrons. The molecule has 0 spiro atoms. The van der Waals surface area contributed by atoms with Crippen LogP contribution in [0, 0.1) is 18.3 Å². The van der Waals surface area contributed by atoms with Crippen LogP contribution < -0.4 is 4.90 Å². The highest BCUT2D eigenvalue weighted by molar-refractivity contribution is 7.10. The zero-order chi connectivity index (χ0) is 12.5. The second-order valence-electron chi connectivity index (χ2n) is 4.67. The first-order valence-electron chi connectivity index (χ1n) is 6.09. The van der Waals surface area contributed by atoms with E-state index in [-0.39, 0.29) is 0 Å². The summed E-state index contributed by atoms with van der Waals surface area (Å²) in [5.41, 5.74) is 4.48. The molecule has 0 bridgehead atoms. The van der Waals surface area contributed by atoms with Gasteiger partial charge >= 0.3 is 0 Å². The highest BCUT2D eigenvalue weighted by Gasteiger charge is 2.19. The van der Waals surface area contributed by atoms with E-state index in [1.807, 2.05) is 23.5 Å². The standard InChI is InChI=1S/C15H14N2S/c1-11-2-3-12(9-16)14(8-11)17-6-4-15-13(10-17)5-7-18-15/h2-3,5,7-8H,4,6,10H2,1H3. The number of aryl methyl sites for hydroxylation is 1. The summed E-state index contributed by atoms with van der Waals surface area (Å²) in [4.78, 5) is 3.82. The topological polar surface area (TPSA) is 27.0 Å². The summed E-state index contributed by atoms with van der Waals surface area (Å²) < 4.78 is 0. The van der Waals surface area contributed by atoms with Crippen LogP contribution in [-0.4, -0.2) is 6.54 Å². The number of thiophene rings is 1. The summed E-state index contributed by atoms with van der Waals surface area (Å²) in [7, 11) is 0. The van der Waals surface area contributed by atoms with E-state index >= 15 is 0 Å². The Labute approximate surface area is 111 Å². The van der Waals surface area contributed by atoms with Crippen molar-refractivity contribution in [2.75, 3.05) is 11.4 Å². The number of hydrogen-bond acceptors (Lipinski definition) is 3. The summed E-state index contributed by atoms with van der Waals surface area (Å²) in [5, 5.41) is 11.4. The van der Waals surface area contributed by atoms with Gasteiger partial charge in [-0.1, -0.05) is 6.07 Å². The molecule has 2 heterocycles. The molecule has 0 atom stereocenters. The molecule has 18 heavy (non-hydrogen) atoms. The maximum Gasteiger partial charge on any atom is 0.101 e. The Balaban J connectivity index is 1.98. The van der Waals surface area contributed by atoms with Crippen molar-refractivity contribution in [3.63, 3.8) is 0 Å². The Kier molecular flexibility index (Phi) is 2.81. The summed E-state index contributed by atoms with van der Waals surface area (Å²) in [6, 6.07) is 10.5. The SMILES string of the molecule is Cc1ccc(C#N)c(N2CCc3sccc3C2)c1. The first-order chi connectivity index (χ1) is 8.78. The number of benzene rings is 1. The van der Waals surface area contributed by atoms with Crippen LogP contribution in [-0.2, 0) is 13.0 Å². The van der Waals surface area contributed by atoms with Gasteiger partial charge in [-0.05, 0) is 48.1 Å². The lowest BCUT2D eigenvalue weighted by atomic mass is 10.1. The average molecular weight is 254 g/mol. The first-order valence-corrected chi connectivity index (χ1v) is 6.97. The van der Waals surface area contributed by atoms with Gasteiger partial charge in [0.25, 0.3) is 0 Å². The molecule has 1 aromatic heterocycles. The van der Waals surface area contributed by atoms with E-state index in [9.17, 15) is 5.26 Å². The van der Waals surface area contributed by atoms with Gasteiger partial charge in [0.1, 0.15) is 6.07 Å². The van der Waals surface area contributed by atoms with Gasteiger partial charge in [-0.25, -0.2) is 0 Å². The quantitative estimate of drug-likeness (QED) is 0.779. The summed E-state index contributed by atoms with van der Waals surface area (Å²) in [6.07, 6.45) is 1.09. The molecule has 3 heteroatoms. The molecule has 1 aliphatic rings. The molecule has 0 saturated heterocycles. The van der Waals surface area contributed by atoms with Gasteiger partial charge in [-0.3, -0.25) is 0 Å². The van der Waals surface area contributed by atoms with Crippen molar-refractivity contribution in [2.45, 2.75) is 19.9 Å². The molecule has 0 unspecified atom stereocenters. The molecule has 0 aliphatic carbocycles. The monoisotopic (exact) mass is 254 g/mol. The fourth-order valence-corrected chi connectivity index (χ4v) is 3.34. The molecule has 1 aliphatic heterocycles. The van der Waals surface area contributed by atoms with E-state index in [0.717, 1.165) is 30.8 Å². The summed E-state index contributed by atoms with van der Waals surface area (Å²) in [5.74, 6) is 0. The van der Waals surface area contributed by atoms with E-state index in [4.69, 9.17) is 0 Å². The van der Waals surface area contributed by atoms with Crippen LogP contribution >= 0.6 is 11.3 Å². The number of fused-ring (bicyclic) bond motifs is 1. The van der Waals surface area contributed by atoms with Crippen molar-refractivity contribution < 1.29 is 0 Å². The maximum absolute atomic E-state index is 9.22. The zero-order valence-electron chi connectivity index (χ0n) is 10.3. The predicted molar refractivity (Wildman–Crippen MR) is 75.0 cm³/mol. The van der Waals surface area contributed by atoms with Gasteiger partial charge in [0.2, 0.25) is 0 Å².